The van der Waals surface area contributed by atoms with Crippen molar-refractivity contribution in [2.75, 3.05) is 18.5 Å². The molecule has 0 unspecified atom stereocenters. The summed E-state index contributed by atoms with van der Waals surface area (Å²) in [5, 5.41) is 11.9. The third kappa shape index (κ3) is 6.10. The van der Waals surface area contributed by atoms with E-state index in [-0.39, 0.29) is 12.0 Å². The van der Waals surface area contributed by atoms with Crippen LogP contribution in [0.15, 0.2) is 24.3 Å². The molecule has 3 N–H and O–H groups in total. The van der Waals surface area contributed by atoms with E-state index in [2.05, 4.69) is 25.2 Å². The average Bonchev–Trinajstić information content (AvgIpc) is 2.41. The molecule has 1 aromatic rings. The molecule has 1 rings (SSSR count). The molecule has 0 spiro atoms. The number of carbonyl (C=O) groups excluding carboxylic acids is 1. The molecule has 0 heterocycles. The molecule has 0 radical (unpaired) electrons. The predicted octanol–water partition coefficient (Wildman–Crippen LogP) is 2.29. The Hall–Kier alpha value is -2.22. The Bertz CT molecular complexity index is 492. The van der Waals surface area contributed by atoms with Gasteiger partial charge in [0.15, 0.2) is 6.61 Å². The topological polar surface area (TPSA) is 88.1 Å². The number of ether oxygens (including phenoxy) is 1. The van der Waals surface area contributed by atoms with Crippen molar-refractivity contribution in [2.24, 2.45) is 11.1 Å². The average molecular weight is 275 g/mol. The number of nitrogens with one attached hydrogen (secondary N) is 1. The highest BCUT2D eigenvalue weighted by Crippen LogP contribution is 2.24. The third-order valence-electron chi connectivity index (χ3n) is 2.90. The van der Waals surface area contributed by atoms with Gasteiger partial charge in [0.25, 0.3) is 5.91 Å². The van der Waals surface area contributed by atoms with E-state index in [9.17, 15) is 4.79 Å². The van der Waals surface area contributed by atoms with E-state index >= 15 is 0 Å². The van der Waals surface area contributed by atoms with Crippen LogP contribution in [0.5, 0.6) is 5.75 Å². The molecule has 0 aliphatic rings. The molecule has 1 amide bonds. The van der Waals surface area contributed by atoms with Gasteiger partial charge in [-0.2, -0.15) is 5.26 Å². The first-order chi connectivity index (χ1) is 9.43. The van der Waals surface area contributed by atoms with Crippen molar-refractivity contribution < 1.29 is 9.53 Å². The van der Waals surface area contributed by atoms with Gasteiger partial charge < -0.3 is 15.8 Å². The fourth-order valence-electron chi connectivity index (χ4n) is 1.67. The minimum absolute atomic E-state index is 0.0415. The molecular weight excluding hydrogens is 254 g/mol. The highest BCUT2D eigenvalue weighted by atomic mass is 16.5. The van der Waals surface area contributed by atoms with Crippen molar-refractivity contribution in [3.63, 3.8) is 0 Å². The zero-order valence-corrected chi connectivity index (χ0v) is 12.0. The second-order valence-corrected chi connectivity index (χ2v) is 5.46. The van der Waals surface area contributed by atoms with Crippen LogP contribution in [0.3, 0.4) is 0 Å². The molecule has 0 saturated heterocycles. The second-order valence-electron chi connectivity index (χ2n) is 5.46. The van der Waals surface area contributed by atoms with Gasteiger partial charge in [-0.05, 0) is 24.0 Å². The number of hydrogen-bond acceptors (Lipinski definition) is 4. The van der Waals surface area contributed by atoms with Crippen molar-refractivity contribution in [3.05, 3.63) is 24.3 Å². The minimum atomic E-state index is -0.499. The summed E-state index contributed by atoms with van der Waals surface area (Å²) >= 11 is 0. The largest absolute Gasteiger partial charge is 0.484 e. The van der Waals surface area contributed by atoms with Gasteiger partial charge in [-0.1, -0.05) is 19.9 Å². The quantitative estimate of drug-likeness (QED) is 0.762. The standard InChI is InChI=1S/C15H21N3O2/c1-15(2,7-4-8-16)11-18-12-5-3-6-13(9-12)20-10-14(17)19/h3,5-6,9,18H,4,7,10-11H2,1-2H3,(H2,17,19). The lowest BCUT2D eigenvalue weighted by Crippen LogP contribution is -2.23. The summed E-state index contributed by atoms with van der Waals surface area (Å²) in [7, 11) is 0. The van der Waals surface area contributed by atoms with Crippen LogP contribution in [-0.4, -0.2) is 19.1 Å². The van der Waals surface area contributed by atoms with Gasteiger partial charge in [0.2, 0.25) is 0 Å². The normalized spacial score (nSPS) is 10.7. The summed E-state index contributed by atoms with van der Waals surface area (Å²) in [5.74, 6) is 0.102. The monoisotopic (exact) mass is 275 g/mol. The van der Waals surface area contributed by atoms with E-state index in [0.29, 0.717) is 12.2 Å². The van der Waals surface area contributed by atoms with Crippen molar-refractivity contribution >= 4 is 11.6 Å². The highest BCUT2D eigenvalue weighted by Gasteiger charge is 2.17. The van der Waals surface area contributed by atoms with Crippen LogP contribution in [0.25, 0.3) is 0 Å². The number of hydrogen-bond donors (Lipinski definition) is 2. The van der Waals surface area contributed by atoms with Gasteiger partial charge in [-0.15, -0.1) is 0 Å². The minimum Gasteiger partial charge on any atom is -0.484 e. The lowest BCUT2D eigenvalue weighted by atomic mass is 9.88. The summed E-state index contributed by atoms with van der Waals surface area (Å²) < 4.78 is 5.25. The van der Waals surface area contributed by atoms with Crippen molar-refractivity contribution in [3.8, 4) is 11.8 Å². The first-order valence-corrected chi connectivity index (χ1v) is 6.55. The smallest absolute Gasteiger partial charge is 0.255 e. The Kier molecular flexibility index (Phi) is 5.85. The Labute approximate surface area is 119 Å². The van der Waals surface area contributed by atoms with Gasteiger partial charge in [0.1, 0.15) is 5.75 Å². The molecule has 0 bridgehead atoms. The van der Waals surface area contributed by atoms with Crippen LogP contribution in [0.4, 0.5) is 5.69 Å². The number of primary amides is 1. The maximum absolute atomic E-state index is 10.7. The van der Waals surface area contributed by atoms with Gasteiger partial charge in [0, 0.05) is 24.7 Å². The van der Waals surface area contributed by atoms with Gasteiger partial charge in [-0.25, -0.2) is 0 Å². The number of nitrogens with two attached hydrogens (primary N) is 1. The van der Waals surface area contributed by atoms with E-state index in [4.69, 9.17) is 15.7 Å². The number of nitriles is 1. The van der Waals surface area contributed by atoms with E-state index < -0.39 is 5.91 Å². The van der Waals surface area contributed by atoms with Crippen LogP contribution in [0.2, 0.25) is 0 Å². The first kappa shape index (κ1) is 15.8. The number of carbonyl (C=O) groups is 1. The Morgan fingerprint density at radius 3 is 2.90 bits per heavy atom. The Morgan fingerprint density at radius 1 is 1.50 bits per heavy atom. The summed E-state index contributed by atoms with van der Waals surface area (Å²) in [6.45, 7) is 4.86. The van der Waals surface area contributed by atoms with Crippen LogP contribution in [-0.2, 0) is 4.79 Å². The number of nitrogens with zero attached hydrogens (tertiary/aromatic N) is 1. The number of benzene rings is 1. The molecule has 1 aromatic carbocycles. The maximum Gasteiger partial charge on any atom is 0.255 e. The van der Waals surface area contributed by atoms with E-state index in [1.807, 2.05) is 18.2 Å². The molecule has 20 heavy (non-hydrogen) atoms. The Morgan fingerprint density at radius 2 is 2.25 bits per heavy atom. The van der Waals surface area contributed by atoms with Crippen molar-refractivity contribution in [2.45, 2.75) is 26.7 Å². The molecular formula is C15H21N3O2. The van der Waals surface area contributed by atoms with Crippen molar-refractivity contribution in [1.82, 2.24) is 0 Å². The molecule has 0 saturated carbocycles. The fourth-order valence-corrected chi connectivity index (χ4v) is 1.67. The van der Waals surface area contributed by atoms with E-state index in [1.54, 1.807) is 6.07 Å². The summed E-state index contributed by atoms with van der Waals surface area (Å²) in [4.78, 5) is 10.7. The molecule has 0 aliphatic heterocycles. The van der Waals surface area contributed by atoms with Gasteiger partial charge >= 0.3 is 0 Å². The van der Waals surface area contributed by atoms with Crippen LogP contribution < -0.4 is 15.8 Å². The van der Waals surface area contributed by atoms with E-state index in [0.717, 1.165) is 18.7 Å². The van der Waals surface area contributed by atoms with Crippen LogP contribution in [0, 0.1) is 16.7 Å². The molecule has 0 aromatic heterocycles. The third-order valence-corrected chi connectivity index (χ3v) is 2.90. The molecule has 5 nitrogen and oxygen atoms in total. The lowest BCUT2D eigenvalue weighted by Gasteiger charge is -2.24. The highest BCUT2D eigenvalue weighted by molar-refractivity contribution is 5.75. The molecule has 0 atom stereocenters. The molecule has 0 fully saturated rings. The lowest BCUT2D eigenvalue weighted by molar-refractivity contribution is -0.119. The zero-order valence-electron chi connectivity index (χ0n) is 12.0. The van der Waals surface area contributed by atoms with Gasteiger partial charge in [0.05, 0.1) is 6.07 Å². The number of anilines is 1. The number of amides is 1. The Balaban J connectivity index is 2.53. The van der Waals surface area contributed by atoms with E-state index in [1.165, 1.54) is 0 Å². The predicted molar refractivity (Wildman–Crippen MR) is 78.2 cm³/mol. The molecule has 5 heteroatoms. The summed E-state index contributed by atoms with van der Waals surface area (Å²) in [6.07, 6.45) is 1.39. The molecule has 108 valence electrons. The SMILES string of the molecule is CC(C)(CCC#N)CNc1cccc(OCC(N)=O)c1. The summed E-state index contributed by atoms with van der Waals surface area (Å²) in [5.41, 5.74) is 5.99. The first-order valence-electron chi connectivity index (χ1n) is 6.55. The van der Waals surface area contributed by atoms with Gasteiger partial charge in [-0.3, -0.25) is 4.79 Å². The molecule has 0 aliphatic carbocycles. The number of rotatable bonds is 8. The van der Waals surface area contributed by atoms with Crippen LogP contribution >= 0.6 is 0 Å². The summed E-state index contributed by atoms with van der Waals surface area (Å²) in [6, 6.07) is 9.54. The fraction of sp³-hybridized carbons (Fsp3) is 0.467. The van der Waals surface area contributed by atoms with Crippen LogP contribution in [0.1, 0.15) is 26.7 Å². The second kappa shape index (κ2) is 7.39. The van der Waals surface area contributed by atoms with Crippen molar-refractivity contribution in [1.29, 1.82) is 5.26 Å². The maximum atomic E-state index is 10.7. The zero-order chi connectivity index (χ0) is 15.0.